The van der Waals surface area contributed by atoms with E-state index in [1.165, 1.54) is 24.3 Å². The number of nitrogens with two attached hydrogens (primary N) is 1. The topological polar surface area (TPSA) is 114 Å². The maximum absolute atomic E-state index is 12.8. The molecule has 0 spiro atoms. The van der Waals surface area contributed by atoms with Gasteiger partial charge in [0.25, 0.3) is 11.8 Å². The Hall–Kier alpha value is -3.73. The van der Waals surface area contributed by atoms with Crippen molar-refractivity contribution in [3.8, 4) is 0 Å². The molecular formula is C22H21F3N4O4. The highest BCUT2D eigenvalue weighted by molar-refractivity contribution is 6.05. The molecule has 0 aliphatic carbocycles. The van der Waals surface area contributed by atoms with E-state index in [1.54, 1.807) is 29.2 Å². The van der Waals surface area contributed by atoms with Crippen molar-refractivity contribution in [2.24, 2.45) is 10.7 Å². The number of carbonyl (C=O) groups is 3. The van der Waals surface area contributed by atoms with E-state index in [1.807, 2.05) is 6.07 Å². The number of hydrogen-bond acceptors (Lipinski definition) is 4. The van der Waals surface area contributed by atoms with Gasteiger partial charge in [-0.05, 0) is 24.3 Å². The average molecular weight is 462 g/mol. The molecule has 0 saturated carbocycles. The molecule has 8 nitrogen and oxygen atoms in total. The molecule has 1 aliphatic heterocycles. The number of hydrogen-bond donors (Lipinski definition) is 2. The Morgan fingerprint density at radius 1 is 1.03 bits per heavy atom. The molecule has 3 N–H and O–H groups in total. The Balaban J connectivity index is 1.62. The molecule has 2 aromatic rings. The first kappa shape index (κ1) is 23.9. The lowest BCUT2D eigenvalue weighted by atomic mass is 10.1. The van der Waals surface area contributed by atoms with Gasteiger partial charge >= 0.3 is 12.1 Å². The summed E-state index contributed by atoms with van der Waals surface area (Å²) in [5.74, 6) is -3.54. The van der Waals surface area contributed by atoms with E-state index in [0.717, 1.165) is 0 Å². The summed E-state index contributed by atoms with van der Waals surface area (Å²) in [6, 6.07) is 13.7. The van der Waals surface area contributed by atoms with Gasteiger partial charge in [-0.25, -0.2) is 0 Å². The summed E-state index contributed by atoms with van der Waals surface area (Å²) in [6.45, 7) is 1.18. The average Bonchev–Trinajstić information content (AvgIpc) is 2.82. The zero-order valence-electron chi connectivity index (χ0n) is 17.3. The van der Waals surface area contributed by atoms with Crippen molar-refractivity contribution in [1.29, 1.82) is 0 Å². The highest BCUT2D eigenvalue weighted by Gasteiger charge is 2.38. The second kappa shape index (κ2) is 10.3. The largest absolute Gasteiger partial charge is 0.473 e. The molecule has 11 heteroatoms. The fraction of sp³-hybridized carbons (Fsp3) is 0.273. The van der Waals surface area contributed by atoms with Gasteiger partial charge in [-0.15, -0.1) is 0 Å². The first-order valence-electron chi connectivity index (χ1n) is 9.94. The third-order valence-electron chi connectivity index (χ3n) is 4.91. The summed E-state index contributed by atoms with van der Waals surface area (Å²) in [7, 11) is 0. The molecule has 1 fully saturated rings. The minimum absolute atomic E-state index is 0.0597. The molecule has 1 atom stereocenters. The fourth-order valence-corrected chi connectivity index (χ4v) is 3.18. The van der Waals surface area contributed by atoms with E-state index in [-0.39, 0.29) is 36.2 Å². The van der Waals surface area contributed by atoms with Gasteiger partial charge in [0, 0.05) is 29.8 Å². The van der Waals surface area contributed by atoms with Gasteiger partial charge in [-0.1, -0.05) is 30.3 Å². The van der Waals surface area contributed by atoms with Crippen molar-refractivity contribution in [3.05, 3.63) is 71.3 Å². The van der Waals surface area contributed by atoms with Crippen molar-refractivity contribution < 1.29 is 32.3 Å². The van der Waals surface area contributed by atoms with Gasteiger partial charge in [0.05, 0.1) is 19.3 Å². The van der Waals surface area contributed by atoms with Crippen LogP contribution in [0, 0.1) is 0 Å². The lowest BCUT2D eigenvalue weighted by Gasteiger charge is -2.35. The highest BCUT2D eigenvalue weighted by atomic mass is 19.4. The van der Waals surface area contributed by atoms with Crippen molar-refractivity contribution in [2.75, 3.05) is 26.3 Å². The summed E-state index contributed by atoms with van der Waals surface area (Å²) >= 11 is 0. The number of ether oxygens (including phenoxy) is 1. The van der Waals surface area contributed by atoms with Crippen LogP contribution in [0.1, 0.15) is 26.3 Å². The van der Waals surface area contributed by atoms with Crippen LogP contribution in [0.25, 0.3) is 0 Å². The zero-order chi connectivity index (χ0) is 24.0. The van der Waals surface area contributed by atoms with Crippen LogP contribution in [0.15, 0.2) is 59.6 Å². The molecule has 1 heterocycles. The highest BCUT2D eigenvalue weighted by Crippen LogP contribution is 2.17. The van der Waals surface area contributed by atoms with Crippen LogP contribution in [0.5, 0.6) is 0 Å². The van der Waals surface area contributed by atoms with E-state index in [0.29, 0.717) is 18.7 Å². The van der Waals surface area contributed by atoms with Gasteiger partial charge in [0.1, 0.15) is 5.84 Å². The lowest BCUT2D eigenvalue weighted by Crippen LogP contribution is -2.53. The second-order valence-corrected chi connectivity index (χ2v) is 7.18. The van der Waals surface area contributed by atoms with E-state index < -0.39 is 23.8 Å². The van der Waals surface area contributed by atoms with Gasteiger partial charge in [0.15, 0.2) is 0 Å². The van der Waals surface area contributed by atoms with Crippen LogP contribution in [-0.4, -0.2) is 67.0 Å². The predicted molar refractivity (Wildman–Crippen MR) is 113 cm³/mol. The number of alkyl halides is 3. The molecule has 0 radical (unpaired) electrons. The Labute approximate surface area is 187 Å². The SMILES string of the molecule is NC(=NC(=O)C(F)(F)F)c1ccc(C(=O)NCC2COCCN2C(=O)c2ccccc2)cc1. The minimum atomic E-state index is -5.12. The van der Waals surface area contributed by atoms with Crippen molar-refractivity contribution in [3.63, 3.8) is 0 Å². The number of rotatable bonds is 5. The van der Waals surface area contributed by atoms with Crippen LogP contribution in [0.3, 0.4) is 0 Å². The number of amidine groups is 1. The van der Waals surface area contributed by atoms with Crippen LogP contribution in [0.2, 0.25) is 0 Å². The number of halogens is 3. The van der Waals surface area contributed by atoms with Gasteiger partial charge < -0.3 is 20.7 Å². The van der Waals surface area contributed by atoms with Gasteiger partial charge in [-0.3, -0.25) is 14.4 Å². The summed E-state index contributed by atoms with van der Waals surface area (Å²) in [6.07, 6.45) is -5.12. The monoisotopic (exact) mass is 462 g/mol. The molecule has 3 amide bonds. The maximum Gasteiger partial charge on any atom is 0.473 e. The number of morpholine rings is 1. The standard InChI is InChI=1S/C22H21F3N4O4/c23-22(24,25)21(32)28-18(26)14-6-8-15(9-7-14)19(30)27-12-17-13-33-11-10-29(17)20(31)16-4-2-1-3-5-16/h1-9,17H,10-13H2,(H,27,30)(H2,26,28,32). The molecule has 1 unspecified atom stereocenters. The van der Waals surface area contributed by atoms with Gasteiger partial charge in [-0.2, -0.15) is 18.2 Å². The van der Waals surface area contributed by atoms with E-state index in [9.17, 15) is 27.6 Å². The third-order valence-corrected chi connectivity index (χ3v) is 4.91. The number of amides is 3. The molecule has 1 saturated heterocycles. The molecule has 174 valence electrons. The van der Waals surface area contributed by atoms with Gasteiger partial charge in [0.2, 0.25) is 0 Å². The van der Waals surface area contributed by atoms with Crippen LogP contribution in [0.4, 0.5) is 13.2 Å². The van der Waals surface area contributed by atoms with E-state index in [4.69, 9.17) is 10.5 Å². The molecule has 1 aliphatic rings. The number of aliphatic imine (C=N–C) groups is 1. The van der Waals surface area contributed by atoms with E-state index >= 15 is 0 Å². The molecule has 3 rings (SSSR count). The first-order valence-corrected chi connectivity index (χ1v) is 9.94. The normalized spacial score (nSPS) is 16.9. The van der Waals surface area contributed by atoms with Crippen LogP contribution in [-0.2, 0) is 9.53 Å². The molecule has 0 aromatic heterocycles. The fourth-order valence-electron chi connectivity index (χ4n) is 3.18. The zero-order valence-corrected chi connectivity index (χ0v) is 17.3. The number of carbonyl (C=O) groups excluding carboxylic acids is 3. The molecule has 33 heavy (non-hydrogen) atoms. The van der Waals surface area contributed by atoms with Crippen molar-refractivity contribution in [2.45, 2.75) is 12.2 Å². The van der Waals surface area contributed by atoms with E-state index in [2.05, 4.69) is 10.3 Å². The Morgan fingerprint density at radius 2 is 1.67 bits per heavy atom. The Bertz CT molecular complexity index is 1040. The second-order valence-electron chi connectivity index (χ2n) is 7.18. The lowest BCUT2D eigenvalue weighted by molar-refractivity contribution is -0.169. The number of nitrogens with zero attached hydrogens (tertiary/aromatic N) is 2. The van der Waals surface area contributed by atoms with Crippen LogP contribution < -0.4 is 11.1 Å². The summed E-state index contributed by atoms with van der Waals surface area (Å²) in [5.41, 5.74) is 6.25. The molecule has 0 bridgehead atoms. The molecule has 2 aromatic carbocycles. The summed E-state index contributed by atoms with van der Waals surface area (Å²) in [4.78, 5) is 40.7. The number of nitrogens with one attached hydrogen (secondary N) is 1. The quantitative estimate of drug-likeness (QED) is 0.519. The van der Waals surface area contributed by atoms with Crippen molar-refractivity contribution in [1.82, 2.24) is 10.2 Å². The third kappa shape index (κ3) is 6.16. The number of benzene rings is 2. The maximum atomic E-state index is 12.8. The smallest absolute Gasteiger partial charge is 0.383 e. The van der Waals surface area contributed by atoms with Crippen molar-refractivity contribution >= 4 is 23.6 Å². The minimum Gasteiger partial charge on any atom is -0.383 e. The Kier molecular flexibility index (Phi) is 7.44. The summed E-state index contributed by atoms with van der Waals surface area (Å²) < 4.78 is 42.4. The summed E-state index contributed by atoms with van der Waals surface area (Å²) in [5, 5.41) is 2.73. The van der Waals surface area contributed by atoms with Crippen LogP contribution >= 0.6 is 0 Å². The first-order chi connectivity index (χ1) is 15.7. The predicted octanol–water partition coefficient (Wildman–Crippen LogP) is 1.75. The molecular weight excluding hydrogens is 441 g/mol. The Morgan fingerprint density at radius 3 is 2.30 bits per heavy atom.